The maximum absolute atomic E-state index is 13.7. The molecule has 0 radical (unpaired) electrons. The number of ether oxygens (including phenoxy) is 1. The SMILES string of the molecule is C[C@H]1CO[C@@H]2Cn3cc(C(=O)C(=O)NCc4ccc(F)cc4F)c(O)c3C(=O)N12. The number of amides is 2. The van der Waals surface area contributed by atoms with Gasteiger partial charge < -0.3 is 24.6 Å². The summed E-state index contributed by atoms with van der Waals surface area (Å²) in [5.74, 6) is -4.86. The average Bonchev–Trinajstić information content (AvgIpc) is 3.21. The second-order valence-corrected chi connectivity index (χ2v) is 6.99. The van der Waals surface area contributed by atoms with Gasteiger partial charge >= 0.3 is 0 Å². The van der Waals surface area contributed by atoms with Crippen LogP contribution in [0.5, 0.6) is 5.75 Å². The normalized spacial score (nSPS) is 20.4. The number of halogens is 2. The van der Waals surface area contributed by atoms with Gasteiger partial charge in [-0.2, -0.15) is 0 Å². The standard InChI is InChI=1S/C19H17F2N3O5/c1-9-8-29-14-7-23-6-12(16(25)15(23)19(28)24(9)14)17(26)18(27)22-5-10-2-3-11(20)4-13(10)21/h2-4,6,9,14,25H,5,7-8H2,1H3,(H,22,27)/t9-,14+/m0/s1. The minimum absolute atomic E-state index is 0.00473. The Morgan fingerprint density at radius 1 is 1.34 bits per heavy atom. The molecule has 2 atom stereocenters. The van der Waals surface area contributed by atoms with E-state index in [9.17, 15) is 28.3 Å². The van der Waals surface area contributed by atoms with Crippen molar-refractivity contribution in [1.82, 2.24) is 14.8 Å². The van der Waals surface area contributed by atoms with E-state index < -0.39 is 41.2 Å². The van der Waals surface area contributed by atoms with Gasteiger partial charge in [0.25, 0.3) is 17.6 Å². The van der Waals surface area contributed by atoms with E-state index in [1.165, 1.54) is 15.7 Å². The van der Waals surface area contributed by atoms with E-state index in [2.05, 4.69) is 5.32 Å². The molecule has 0 unspecified atom stereocenters. The molecule has 8 nitrogen and oxygen atoms in total. The Kier molecular flexibility index (Phi) is 4.58. The Morgan fingerprint density at radius 2 is 2.10 bits per heavy atom. The van der Waals surface area contributed by atoms with Crippen molar-refractivity contribution in [1.29, 1.82) is 0 Å². The first kappa shape index (κ1) is 19.1. The molecule has 1 fully saturated rings. The topological polar surface area (TPSA) is 101 Å². The molecule has 2 amide bonds. The van der Waals surface area contributed by atoms with E-state index in [4.69, 9.17) is 4.74 Å². The molecule has 2 aromatic rings. The number of carbonyl (C=O) groups excluding carboxylic acids is 3. The Labute approximate surface area is 163 Å². The van der Waals surface area contributed by atoms with Crippen molar-refractivity contribution in [2.45, 2.75) is 32.3 Å². The molecule has 1 saturated heterocycles. The van der Waals surface area contributed by atoms with Crippen LogP contribution < -0.4 is 5.32 Å². The average molecular weight is 405 g/mol. The van der Waals surface area contributed by atoms with Crippen molar-refractivity contribution in [2.75, 3.05) is 6.61 Å². The summed E-state index contributed by atoms with van der Waals surface area (Å²) in [6.45, 7) is 2.05. The first-order valence-electron chi connectivity index (χ1n) is 8.90. The van der Waals surface area contributed by atoms with E-state index in [-0.39, 0.29) is 36.0 Å². The quantitative estimate of drug-likeness (QED) is 0.588. The molecule has 152 valence electrons. The molecular formula is C19H17F2N3O5. The fourth-order valence-electron chi connectivity index (χ4n) is 3.58. The first-order valence-corrected chi connectivity index (χ1v) is 8.90. The lowest BCUT2D eigenvalue weighted by Crippen LogP contribution is -2.47. The van der Waals surface area contributed by atoms with Crippen LogP contribution >= 0.6 is 0 Å². The van der Waals surface area contributed by atoms with E-state index in [1.54, 1.807) is 0 Å². The molecule has 4 rings (SSSR count). The molecule has 2 aliphatic heterocycles. The third kappa shape index (κ3) is 3.15. The molecule has 29 heavy (non-hydrogen) atoms. The van der Waals surface area contributed by atoms with E-state index in [1.807, 2.05) is 6.92 Å². The summed E-state index contributed by atoms with van der Waals surface area (Å²) >= 11 is 0. The molecule has 0 saturated carbocycles. The number of fused-ring (bicyclic) bond motifs is 2. The van der Waals surface area contributed by atoms with Gasteiger partial charge in [-0.05, 0) is 13.0 Å². The van der Waals surface area contributed by atoms with E-state index in [0.29, 0.717) is 12.7 Å². The number of hydrogen-bond acceptors (Lipinski definition) is 5. The summed E-state index contributed by atoms with van der Waals surface area (Å²) in [6.07, 6.45) is 0.724. The lowest BCUT2D eigenvalue weighted by molar-refractivity contribution is -0.117. The number of benzene rings is 1. The Balaban J connectivity index is 1.53. The van der Waals surface area contributed by atoms with Crippen molar-refractivity contribution >= 4 is 17.6 Å². The van der Waals surface area contributed by atoms with Crippen LogP contribution in [0.25, 0.3) is 0 Å². The van der Waals surface area contributed by atoms with Gasteiger partial charge in [0.05, 0.1) is 24.8 Å². The number of nitrogens with one attached hydrogen (secondary N) is 1. The lowest BCUT2D eigenvalue weighted by atomic mass is 10.1. The van der Waals surface area contributed by atoms with Gasteiger partial charge in [0, 0.05) is 24.4 Å². The van der Waals surface area contributed by atoms with Crippen LogP contribution in [0, 0.1) is 11.6 Å². The van der Waals surface area contributed by atoms with Crippen molar-refractivity contribution in [3.05, 3.63) is 52.9 Å². The summed E-state index contributed by atoms with van der Waals surface area (Å²) in [5, 5.41) is 12.7. The van der Waals surface area contributed by atoms with Crippen LogP contribution in [0.1, 0.15) is 33.3 Å². The van der Waals surface area contributed by atoms with Gasteiger partial charge in [-0.25, -0.2) is 8.78 Å². The molecule has 0 bridgehead atoms. The summed E-state index contributed by atoms with van der Waals surface area (Å²) in [4.78, 5) is 38.8. The number of hydrogen-bond donors (Lipinski definition) is 2. The summed E-state index contributed by atoms with van der Waals surface area (Å²) in [7, 11) is 0. The summed E-state index contributed by atoms with van der Waals surface area (Å²) < 4.78 is 33.5. The molecule has 2 N–H and O–H groups in total. The van der Waals surface area contributed by atoms with Gasteiger partial charge in [0.15, 0.2) is 17.7 Å². The maximum atomic E-state index is 13.7. The van der Waals surface area contributed by atoms with Gasteiger partial charge in [0.1, 0.15) is 11.6 Å². The smallest absolute Gasteiger partial charge is 0.292 e. The first-order chi connectivity index (χ1) is 13.8. The fourth-order valence-corrected chi connectivity index (χ4v) is 3.58. The number of Topliss-reactive ketones (excluding diaryl/α,β-unsaturated/α-hetero) is 1. The third-order valence-corrected chi connectivity index (χ3v) is 5.06. The molecule has 0 aliphatic carbocycles. The zero-order valence-electron chi connectivity index (χ0n) is 15.3. The third-order valence-electron chi connectivity index (χ3n) is 5.06. The number of aromatic hydroxyl groups is 1. The van der Waals surface area contributed by atoms with Crippen LogP contribution in [0.15, 0.2) is 24.4 Å². The van der Waals surface area contributed by atoms with Gasteiger partial charge in [-0.15, -0.1) is 0 Å². The fraction of sp³-hybridized carbons (Fsp3) is 0.316. The maximum Gasteiger partial charge on any atom is 0.292 e. The highest BCUT2D eigenvalue weighted by Crippen LogP contribution is 2.34. The number of ketones is 1. The van der Waals surface area contributed by atoms with Crippen molar-refractivity contribution in [3.63, 3.8) is 0 Å². The predicted octanol–water partition coefficient (Wildman–Crippen LogP) is 1.17. The van der Waals surface area contributed by atoms with E-state index in [0.717, 1.165) is 12.1 Å². The Morgan fingerprint density at radius 3 is 2.83 bits per heavy atom. The zero-order valence-corrected chi connectivity index (χ0v) is 15.3. The van der Waals surface area contributed by atoms with E-state index >= 15 is 0 Å². The van der Waals surface area contributed by atoms with Crippen molar-refractivity contribution < 1.29 is 33.0 Å². The molecule has 10 heteroatoms. The number of aromatic nitrogens is 1. The second kappa shape index (κ2) is 6.96. The Bertz CT molecular complexity index is 1040. The minimum Gasteiger partial charge on any atom is -0.505 e. The van der Waals surface area contributed by atoms with Crippen LogP contribution in [0.3, 0.4) is 0 Å². The molecule has 0 spiro atoms. The number of carbonyl (C=O) groups is 3. The van der Waals surface area contributed by atoms with Crippen LogP contribution in [-0.4, -0.2) is 51.0 Å². The zero-order chi connectivity index (χ0) is 20.9. The molecule has 1 aromatic heterocycles. The highest BCUT2D eigenvalue weighted by atomic mass is 19.1. The highest BCUT2D eigenvalue weighted by molar-refractivity contribution is 6.43. The van der Waals surface area contributed by atoms with Crippen LogP contribution in [0.4, 0.5) is 8.78 Å². The number of nitrogens with zero attached hydrogens (tertiary/aromatic N) is 2. The Hall–Kier alpha value is -3.27. The predicted molar refractivity (Wildman–Crippen MR) is 94.0 cm³/mol. The monoisotopic (exact) mass is 405 g/mol. The highest BCUT2D eigenvalue weighted by Gasteiger charge is 2.43. The lowest BCUT2D eigenvalue weighted by Gasteiger charge is -2.31. The molecule has 1 aromatic carbocycles. The second-order valence-electron chi connectivity index (χ2n) is 6.99. The van der Waals surface area contributed by atoms with Gasteiger partial charge in [0.2, 0.25) is 0 Å². The van der Waals surface area contributed by atoms with Crippen molar-refractivity contribution in [2.24, 2.45) is 0 Å². The molecule has 2 aliphatic rings. The summed E-state index contributed by atoms with van der Waals surface area (Å²) in [5.41, 5.74) is -0.423. The molecular weight excluding hydrogens is 388 g/mol. The van der Waals surface area contributed by atoms with Gasteiger partial charge in [-0.1, -0.05) is 6.07 Å². The summed E-state index contributed by atoms with van der Waals surface area (Å²) in [6, 6.07) is 2.67. The van der Waals surface area contributed by atoms with Crippen molar-refractivity contribution in [3.8, 4) is 5.75 Å². The largest absolute Gasteiger partial charge is 0.505 e. The van der Waals surface area contributed by atoms with Crippen LogP contribution in [-0.2, 0) is 22.6 Å². The number of rotatable bonds is 4. The van der Waals surface area contributed by atoms with Gasteiger partial charge in [-0.3, -0.25) is 14.4 Å². The minimum atomic E-state index is -1.09. The molecule has 3 heterocycles. The van der Waals surface area contributed by atoms with Crippen LogP contribution in [0.2, 0.25) is 0 Å².